The molecule has 0 radical (unpaired) electrons. The molecule has 0 saturated carbocycles. The van der Waals surface area contributed by atoms with Gasteiger partial charge in [0.05, 0.1) is 17.8 Å². The molecular formula is C22H26IN3. The first kappa shape index (κ1) is 20.3. The van der Waals surface area contributed by atoms with E-state index in [4.69, 9.17) is 10.2 Å². The highest BCUT2D eigenvalue weighted by molar-refractivity contribution is 14.2. The molecule has 0 N–H and O–H groups in total. The van der Waals surface area contributed by atoms with E-state index in [-0.39, 0.29) is 38.6 Å². The van der Waals surface area contributed by atoms with E-state index in [0.717, 1.165) is 12.2 Å². The molecule has 2 unspecified atom stereocenters. The molecule has 2 heterocycles. The molecule has 1 aromatic heterocycles. The minimum Gasteiger partial charge on any atom is -0.320 e. The van der Waals surface area contributed by atoms with Crippen LogP contribution in [-0.4, -0.2) is 13.6 Å². The fourth-order valence-corrected chi connectivity index (χ4v) is 5.13. The largest absolute Gasteiger partial charge is 0.320 e. The monoisotopic (exact) mass is 459 g/mol. The average Bonchev–Trinajstić information content (AvgIpc) is 2.98. The summed E-state index contributed by atoms with van der Waals surface area (Å²) < 4.78 is 5.70. The fraction of sp³-hybridized carbons (Fsp3) is 0.318. The van der Waals surface area contributed by atoms with E-state index >= 15 is 0 Å². The topological polar surface area (TPSA) is 41.6 Å². The second kappa shape index (κ2) is 10.2. The lowest BCUT2D eigenvalue weighted by molar-refractivity contribution is 0.380. The van der Waals surface area contributed by atoms with Crippen molar-refractivity contribution in [1.82, 2.24) is 9.55 Å². The van der Waals surface area contributed by atoms with Crippen LogP contribution in [-0.2, 0) is 0 Å². The summed E-state index contributed by atoms with van der Waals surface area (Å²) >= 11 is -0.176. The first-order valence-electron chi connectivity index (χ1n) is 8.88. The lowest BCUT2D eigenvalue weighted by atomic mass is 9.86. The molecule has 3 nitrogen and oxygen atoms in total. The Morgan fingerprint density at radius 3 is 2.88 bits per heavy atom. The van der Waals surface area contributed by atoms with E-state index in [2.05, 4.69) is 71.5 Å². The zero-order valence-corrected chi connectivity index (χ0v) is 17.8. The Morgan fingerprint density at radius 1 is 1.38 bits per heavy atom. The maximum atomic E-state index is 9.09. The van der Waals surface area contributed by atoms with E-state index in [9.17, 15) is 0 Å². The number of aryl methyl sites for hydroxylation is 1. The number of imidazole rings is 1. The molecule has 4 heteroatoms. The highest BCUT2D eigenvalue weighted by Crippen LogP contribution is 2.34. The predicted octanol–water partition coefficient (Wildman–Crippen LogP) is 5.74. The van der Waals surface area contributed by atoms with Gasteiger partial charge in [-0.2, -0.15) is 5.26 Å². The molecule has 0 spiro atoms. The Kier molecular flexibility index (Phi) is 7.99. The molecule has 0 saturated heterocycles. The summed E-state index contributed by atoms with van der Waals surface area (Å²) in [5, 5.41) is 9.09. The summed E-state index contributed by atoms with van der Waals surface area (Å²) in [5.41, 5.74) is 1.18. The van der Waals surface area contributed by atoms with Gasteiger partial charge in [0.2, 0.25) is 0 Å². The SMILES string of the molecule is C=CC(C(C)/C=C\C=C/CC)[C@H](/C=C/C#N)n1c(C)nc2c1C=CC=I2. The molecule has 1 aromatic rings. The number of hydrogen-bond donors (Lipinski definition) is 0. The molecule has 0 aliphatic carbocycles. The number of hydrogen-bond acceptors (Lipinski definition) is 2. The summed E-state index contributed by atoms with van der Waals surface area (Å²) in [5.74, 6) is 1.45. The van der Waals surface area contributed by atoms with Crippen LogP contribution in [0.3, 0.4) is 0 Å². The number of nitrogens with zero attached hydrogens (tertiary/aromatic N) is 3. The zero-order chi connectivity index (χ0) is 18.9. The lowest BCUT2D eigenvalue weighted by Crippen LogP contribution is -2.23. The number of allylic oxidation sites excluding steroid dienone is 8. The smallest absolute Gasteiger partial charge is 0.121 e. The predicted molar refractivity (Wildman–Crippen MR) is 120 cm³/mol. The van der Waals surface area contributed by atoms with E-state index < -0.39 is 0 Å². The number of nitriles is 1. The number of aromatic nitrogens is 2. The van der Waals surface area contributed by atoms with Gasteiger partial charge in [0.15, 0.2) is 0 Å². The van der Waals surface area contributed by atoms with Crippen molar-refractivity contribution in [3.63, 3.8) is 0 Å². The summed E-state index contributed by atoms with van der Waals surface area (Å²) in [4.78, 5) is 4.79. The molecular weight excluding hydrogens is 433 g/mol. The van der Waals surface area contributed by atoms with Crippen molar-refractivity contribution >= 4 is 30.8 Å². The third-order valence-corrected chi connectivity index (χ3v) is 6.57. The number of rotatable bonds is 8. The van der Waals surface area contributed by atoms with Gasteiger partial charge >= 0.3 is 0 Å². The van der Waals surface area contributed by atoms with Crippen molar-refractivity contribution in [2.45, 2.75) is 33.2 Å². The minimum atomic E-state index is -0.176. The van der Waals surface area contributed by atoms with E-state index in [0.29, 0.717) is 0 Å². The zero-order valence-electron chi connectivity index (χ0n) is 15.6. The van der Waals surface area contributed by atoms with Crippen LogP contribution >= 0.6 is 20.7 Å². The summed E-state index contributed by atoms with van der Waals surface area (Å²) in [6.45, 7) is 10.5. The van der Waals surface area contributed by atoms with Crippen LogP contribution in [0.2, 0.25) is 0 Å². The first-order chi connectivity index (χ1) is 12.6. The van der Waals surface area contributed by atoms with E-state index in [1.165, 1.54) is 9.39 Å². The molecule has 1 aliphatic rings. The molecule has 1 aliphatic heterocycles. The average molecular weight is 459 g/mol. The maximum absolute atomic E-state index is 9.09. The van der Waals surface area contributed by atoms with Gasteiger partial charge in [-0.05, 0) is 29.4 Å². The third-order valence-electron chi connectivity index (χ3n) is 4.41. The molecule has 0 amide bonds. The van der Waals surface area contributed by atoms with Crippen LogP contribution < -0.4 is 0 Å². The molecule has 0 aromatic carbocycles. The van der Waals surface area contributed by atoms with Gasteiger partial charge in [0.1, 0.15) is 9.53 Å². The second-order valence-corrected chi connectivity index (χ2v) is 8.54. The van der Waals surface area contributed by atoms with Gasteiger partial charge in [-0.25, -0.2) is 4.98 Å². The molecule has 136 valence electrons. The second-order valence-electron chi connectivity index (χ2n) is 6.17. The van der Waals surface area contributed by atoms with Crippen molar-refractivity contribution in [1.29, 1.82) is 5.26 Å². The highest BCUT2D eigenvalue weighted by Gasteiger charge is 2.27. The summed E-state index contributed by atoms with van der Waals surface area (Å²) in [6.07, 6.45) is 19.4. The summed E-state index contributed by atoms with van der Waals surface area (Å²) in [7, 11) is 0. The standard InChI is InChI=1S/C22H26IN3/c1-5-7-8-9-12-17(3)19(6-2)20(14-11-16-24)26-18(4)25-22-21(26)13-10-15-23-22/h6-15,17,19-20H,2,5H2,1,3-4H3/b8-7-,12-9-,14-11+/t17?,19?,20-/m0/s1. The van der Waals surface area contributed by atoms with Crippen molar-refractivity contribution in [2.75, 3.05) is 0 Å². The fourth-order valence-electron chi connectivity index (χ4n) is 3.13. The molecule has 0 fully saturated rings. The van der Waals surface area contributed by atoms with Crippen molar-refractivity contribution in [3.05, 3.63) is 70.4 Å². The van der Waals surface area contributed by atoms with Gasteiger partial charge in [-0.1, -0.05) is 77.1 Å². The lowest BCUT2D eigenvalue weighted by Gasteiger charge is -2.29. The highest BCUT2D eigenvalue weighted by atomic mass is 127. The quantitative estimate of drug-likeness (QED) is 0.215. The van der Waals surface area contributed by atoms with Gasteiger partial charge in [0, 0.05) is 12.0 Å². The Bertz CT molecular complexity index is 815. The van der Waals surface area contributed by atoms with Gasteiger partial charge < -0.3 is 4.57 Å². The third kappa shape index (κ3) is 4.79. The van der Waals surface area contributed by atoms with Crippen molar-refractivity contribution in [3.8, 4) is 6.07 Å². The Hall–Kier alpha value is -2.00. The Morgan fingerprint density at radius 2 is 2.19 bits per heavy atom. The van der Waals surface area contributed by atoms with Crippen LogP contribution in [0.15, 0.2) is 55.2 Å². The van der Waals surface area contributed by atoms with Crippen molar-refractivity contribution in [2.24, 2.45) is 11.8 Å². The molecule has 0 bridgehead atoms. The van der Waals surface area contributed by atoms with Gasteiger partial charge in [-0.3, -0.25) is 0 Å². The Labute approximate surface area is 166 Å². The molecule has 3 atom stereocenters. The van der Waals surface area contributed by atoms with Gasteiger partial charge in [0.25, 0.3) is 0 Å². The van der Waals surface area contributed by atoms with Crippen molar-refractivity contribution < 1.29 is 0 Å². The van der Waals surface area contributed by atoms with Crippen LogP contribution in [0.4, 0.5) is 0 Å². The van der Waals surface area contributed by atoms with Crippen LogP contribution in [0.1, 0.15) is 37.8 Å². The van der Waals surface area contributed by atoms with Crippen LogP contribution in [0, 0.1) is 33.8 Å². The normalized spacial score (nSPS) is 17.2. The van der Waals surface area contributed by atoms with Crippen LogP contribution in [0.5, 0.6) is 0 Å². The first-order valence-corrected chi connectivity index (χ1v) is 11.2. The maximum Gasteiger partial charge on any atom is 0.121 e. The van der Waals surface area contributed by atoms with Gasteiger partial charge in [-0.15, -0.1) is 6.58 Å². The Balaban J connectivity index is 2.44. The van der Waals surface area contributed by atoms with E-state index in [1.807, 2.05) is 19.1 Å². The summed E-state index contributed by atoms with van der Waals surface area (Å²) in [6, 6.07) is 2.16. The van der Waals surface area contributed by atoms with Crippen LogP contribution in [0.25, 0.3) is 6.08 Å². The molecule has 2 rings (SSSR count). The molecule has 26 heavy (non-hydrogen) atoms. The number of halogens is 1. The minimum absolute atomic E-state index is 0.0185. The number of fused-ring (bicyclic) bond motifs is 1. The van der Waals surface area contributed by atoms with E-state index in [1.54, 1.807) is 6.08 Å².